The number of hydrogen-bond acceptors (Lipinski definition) is 6. The summed E-state index contributed by atoms with van der Waals surface area (Å²) in [5.74, 6) is -0.980. The summed E-state index contributed by atoms with van der Waals surface area (Å²) in [5.41, 5.74) is 1.79. The molecule has 0 radical (unpaired) electrons. The molecule has 2 aromatic carbocycles. The second kappa shape index (κ2) is 9.13. The lowest BCUT2D eigenvalue weighted by molar-refractivity contribution is -0.127. The van der Waals surface area contributed by atoms with Gasteiger partial charge in [0, 0.05) is 11.1 Å². The molecule has 1 atom stereocenters. The third-order valence-electron chi connectivity index (χ3n) is 4.63. The Labute approximate surface area is 183 Å². The van der Waals surface area contributed by atoms with E-state index in [4.69, 9.17) is 9.15 Å². The molecule has 8 heteroatoms. The van der Waals surface area contributed by atoms with Crippen molar-refractivity contribution in [1.82, 2.24) is 10.3 Å². The minimum absolute atomic E-state index is 0.232. The van der Waals surface area contributed by atoms with E-state index < -0.39 is 24.0 Å². The number of aromatic nitrogens is 1. The van der Waals surface area contributed by atoms with E-state index in [0.717, 1.165) is 0 Å². The van der Waals surface area contributed by atoms with Crippen LogP contribution in [-0.4, -0.2) is 29.0 Å². The molecule has 3 amide bonds. The van der Waals surface area contributed by atoms with Crippen LogP contribution >= 0.6 is 0 Å². The molecule has 2 aromatic heterocycles. The molecule has 0 aliphatic carbocycles. The molecule has 0 fully saturated rings. The van der Waals surface area contributed by atoms with E-state index >= 15 is 0 Å². The SMILES string of the molecule is CC(OC(=O)c1cc(-c2ccco2)nc2ccccc12)C(=O)NC(=O)Nc1ccccc1. The second-order valence-electron chi connectivity index (χ2n) is 6.91. The highest BCUT2D eigenvalue weighted by atomic mass is 16.5. The van der Waals surface area contributed by atoms with Crippen LogP contribution < -0.4 is 10.6 Å². The minimum Gasteiger partial charge on any atom is -0.463 e. The van der Waals surface area contributed by atoms with Gasteiger partial charge in [-0.2, -0.15) is 0 Å². The average molecular weight is 429 g/mol. The summed E-state index contributed by atoms with van der Waals surface area (Å²) >= 11 is 0. The Morgan fingerprint density at radius 2 is 1.72 bits per heavy atom. The van der Waals surface area contributed by atoms with Crippen molar-refractivity contribution in [1.29, 1.82) is 0 Å². The van der Waals surface area contributed by atoms with Gasteiger partial charge in [0.2, 0.25) is 0 Å². The highest BCUT2D eigenvalue weighted by Gasteiger charge is 2.23. The van der Waals surface area contributed by atoms with Crippen LogP contribution in [0, 0.1) is 0 Å². The number of carbonyl (C=O) groups excluding carboxylic acids is 3. The van der Waals surface area contributed by atoms with Crippen LogP contribution in [0.1, 0.15) is 17.3 Å². The molecule has 8 nitrogen and oxygen atoms in total. The summed E-state index contributed by atoms with van der Waals surface area (Å²) in [5, 5.41) is 5.26. The zero-order valence-electron chi connectivity index (χ0n) is 17.1. The monoisotopic (exact) mass is 429 g/mol. The van der Waals surface area contributed by atoms with E-state index in [1.54, 1.807) is 72.8 Å². The number of benzene rings is 2. The Balaban J connectivity index is 1.49. The summed E-state index contributed by atoms with van der Waals surface area (Å²) in [4.78, 5) is 41.8. The third-order valence-corrected chi connectivity index (χ3v) is 4.63. The lowest BCUT2D eigenvalue weighted by Gasteiger charge is -2.14. The van der Waals surface area contributed by atoms with E-state index in [1.165, 1.54) is 13.2 Å². The van der Waals surface area contributed by atoms with Crippen molar-refractivity contribution >= 4 is 34.5 Å². The maximum absolute atomic E-state index is 12.9. The molecular formula is C24H19N3O5. The first-order valence-corrected chi connectivity index (χ1v) is 9.83. The molecular weight excluding hydrogens is 410 g/mol. The number of esters is 1. The summed E-state index contributed by atoms with van der Waals surface area (Å²) < 4.78 is 10.7. The minimum atomic E-state index is -1.21. The number of imide groups is 1. The van der Waals surface area contributed by atoms with Gasteiger partial charge < -0.3 is 14.5 Å². The number of rotatable bonds is 5. The first kappa shape index (κ1) is 20.8. The fraction of sp³-hybridized carbons (Fsp3) is 0.0833. The van der Waals surface area contributed by atoms with Crippen LogP contribution in [0.4, 0.5) is 10.5 Å². The van der Waals surface area contributed by atoms with Gasteiger partial charge in [-0.05, 0) is 43.3 Å². The van der Waals surface area contributed by atoms with Gasteiger partial charge in [0.25, 0.3) is 5.91 Å². The number of anilines is 1. The van der Waals surface area contributed by atoms with E-state index in [2.05, 4.69) is 15.6 Å². The predicted octanol–water partition coefficient (Wildman–Crippen LogP) is 4.39. The zero-order chi connectivity index (χ0) is 22.5. The van der Waals surface area contributed by atoms with Gasteiger partial charge in [-0.3, -0.25) is 10.1 Å². The number of para-hydroxylation sites is 2. The van der Waals surface area contributed by atoms with Crippen molar-refractivity contribution in [2.45, 2.75) is 13.0 Å². The van der Waals surface area contributed by atoms with Crippen LogP contribution in [0.5, 0.6) is 0 Å². The van der Waals surface area contributed by atoms with Crippen molar-refractivity contribution < 1.29 is 23.5 Å². The molecule has 4 aromatic rings. The highest BCUT2D eigenvalue weighted by Crippen LogP contribution is 2.26. The van der Waals surface area contributed by atoms with Gasteiger partial charge in [0.15, 0.2) is 11.9 Å². The molecule has 160 valence electrons. The second-order valence-corrected chi connectivity index (χ2v) is 6.91. The van der Waals surface area contributed by atoms with Gasteiger partial charge in [-0.25, -0.2) is 14.6 Å². The van der Waals surface area contributed by atoms with Crippen LogP contribution in [0.3, 0.4) is 0 Å². The fourth-order valence-electron chi connectivity index (χ4n) is 3.07. The summed E-state index contributed by atoms with van der Waals surface area (Å²) in [6.07, 6.45) is 0.305. The molecule has 0 saturated carbocycles. The predicted molar refractivity (Wildman–Crippen MR) is 118 cm³/mol. The average Bonchev–Trinajstić information content (AvgIpc) is 3.34. The van der Waals surface area contributed by atoms with E-state index in [1.807, 2.05) is 0 Å². The Morgan fingerprint density at radius 3 is 2.47 bits per heavy atom. The summed E-state index contributed by atoms with van der Waals surface area (Å²) in [7, 11) is 0. The first-order valence-electron chi connectivity index (χ1n) is 9.83. The Bertz CT molecular complexity index is 1270. The Hall–Kier alpha value is -4.46. The van der Waals surface area contributed by atoms with Crippen molar-refractivity contribution in [3.05, 3.63) is 84.6 Å². The van der Waals surface area contributed by atoms with Crippen LogP contribution in [0.25, 0.3) is 22.4 Å². The molecule has 32 heavy (non-hydrogen) atoms. The van der Waals surface area contributed by atoms with Gasteiger partial charge in [-0.15, -0.1) is 0 Å². The van der Waals surface area contributed by atoms with Crippen LogP contribution in [0.2, 0.25) is 0 Å². The Kier molecular flexibility index (Phi) is 5.94. The molecule has 0 aliphatic heterocycles. The number of nitrogens with one attached hydrogen (secondary N) is 2. The summed E-state index contributed by atoms with van der Waals surface area (Å²) in [6, 6.07) is 20.0. The molecule has 1 unspecified atom stereocenters. The number of hydrogen-bond donors (Lipinski definition) is 2. The topological polar surface area (TPSA) is 111 Å². The molecule has 2 N–H and O–H groups in total. The van der Waals surface area contributed by atoms with E-state index in [0.29, 0.717) is 28.0 Å². The van der Waals surface area contributed by atoms with Gasteiger partial charge in [-0.1, -0.05) is 36.4 Å². The maximum atomic E-state index is 12.9. The first-order chi connectivity index (χ1) is 15.5. The molecule has 4 rings (SSSR count). The number of ether oxygens (including phenoxy) is 1. The number of fused-ring (bicyclic) bond motifs is 1. The number of urea groups is 1. The van der Waals surface area contributed by atoms with Crippen molar-refractivity contribution in [3.8, 4) is 11.5 Å². The summed E-state index contributed by atoms with van der Waals surface area (Å²) in [6.45, 7) is 1.39. The molecule has 0 aliphatic rings. The van der Waals surface area contributed by atoms with E-state index in [9.17, 15) is 14.4 Å². The van der Waals surface area contributed by atoms with Crippen molar-refractivity contribution in [2.75, 3.05) is 5.32 Å². The van der Waals surface area contributed by atoms with Crippen LogP contribution in [0.15, 0.2) is 83.5 Å². The number of furan rings is 1. The van der Waals surface area contributed by atoms with Crippen molar-refractivity contribution in [3.63, 3.8) is 0 Å². The standard InChI is InChI=1S/C24H19N3O5/c1-15(22(28)27-24(30)25-16-8-3-2-4-9-16)32-23(29)18-14-20(21-12-7-13-31-21)26-19-11-6-5-10-17(18)19/h2-15H,1H3,(H2,25,27,28,30). The lowest BCUT2D eigenvalue weighted by atomic mass is 10.1. The number of carbonyl (C=O) groups is 3. The Morgan fingerprint density at radius 1 is 0.969 bits per heavy atom. The van der Waals surface area contributed by atoms with Crippen LogP contribution in [-0.2, 0) is 9.53 Å². The molecule has 0 bridgehead atoms. The normalized spacial score (nSPS) is 11.5. The lowest BCUT2D eigenvalue weighted by Crippen LogP contribution is -2.41. The molecule has 0 saturated heterocycles. The largest absolute Gasteiger partial charge is 0.463 e. The number of pyridine rings is 1. The van der Waals surface area contributed by atoms with Gasteiger partial charge in [0.05, 0.1) is 17.3 Å². The van der Waals surface area contributed by atoms with E-state index in [-0.39, 0.29) is 5.56 Å². The smallest absolute Gasteiger partial charge is 0.339 e. The van der Waals surface area contributed by atoms with Crippen molar-refractivity contribution in [2.24, 2.45) is 0 Å². The van der Waals surface area contributed by atoms with Gasteiger partial charge >= 0.3 is 12.0 Å². The number of nitrogens with zero attached hydrogens (tertiary/aromatic N) is 1. The zero-order valence-corrected chi connectivity index (χ0v) is 17.1. The quantitative estimate of drug-likeness (QED) is 0.455. The highest BCUT2D eigenvalue weighted by molar-refractivity contribution is 6.06. The fourth-order valence-corrected chi connectivity index (χ4v) is 3.07. The molecule has 2 heterocycles. The maximum Gasteiger partial charge on any atom is 0.339 e. The number of amides is 3. The van der Waals surface area contributed by atoms with Gasteiger partial charge in [0.1, 0.15) is 5.69 Å². The third kappa shape index (κ3) is 4.65. The molecule has 0 spiro atoms.